The molecule has 19 heavy (non-hydrogen) atoms. The van der Waals surface area contributed by atoms with Crippen LogP contribution < -0.4 is 14.8 Å². The highest BCUT2D eigenvalue weighted by Gasteiger charge is 2.23. The first kappa shape index (κ1) is 14.5. The van der Waals surface area contributed by atoms with Crippen LogP contribution in [0.25, 0.3) is 0 Å². The van der Waals surface area contributed by atoms with Gasteiger partial charge in [-0.15, -0.1) is 0 Å². The number of nitrogens with one attached hydrogen (secondary N) is 1. The van der Waals surface area contributed by atoms with Gasteiger partial charge in [-0.3, -0.25) is 0 Å². The van der Waals surface area contributed by atoms with Crippen LogP contribution in [0.4, 0.5) is 0 Å². The van der Waals surface area contributed by atoms with Crippen LogP contribution in [0.3, 0.4) is 0 Å². The molecule has 0 fully saturated rings. The molecule has 2 rings (SSSR count). The number of fused-ring (bicyclic) bond motifs is 1. The molecule has 0 aromatic heterocycles. The lowest BCUT2D eigenvalue weighted by atomic mass is 9.91. The summed E-state index contributed by atoms with van der Waals surface area (Å²) in [5.74, 6) is 2.07. The molecule has 0 radical (unpaired) electrons. The average Bonchev–Trinajstić information content (AvgIpc) is 2.40. The Balaban J connectivity index is 2.31. The summed E-state index contributed by atoms with van der Waals surface area (Å²) in [4.78, 5) is 0. The molecule has 0 spiro atoms. The minimum Gasteiger partial charge on any atom is -0.486 e. The molecule has 1 aromatic carbocycles. The molecular weight excluding hydrogens is 262 g/mol. The van der Waals surface area contributed by atoms with Crippen LogP contribution in [0.2, 0.25) is 5.02 Å². The molecule has 0 aliphatic carbocycles. The zero-order valence-electron chi connectivity index (χ0n) is 11.8. The molecule has 2 unspecified atom stereocenters. The number of hydrogen-bond donors (Lipinski definition) is 1. The lowest BCUT2D eigenvalue weighted by Crippen LogP contribution is -2.24. The Morgan fingerprint density at radius 3 is 2.47 bits per heavy atom. The largest absolute Gasteiger partial charge is 0.486 e. The molecule has 0 saturated heterocycles. The molecule has 0 amide bonds. The monoisotopic (exact) mass is 283 g/mol. The van der Waals surface area contributed by atoms with Crippen LogP contribution in [-0.4, -0.2) is 20.3 Å². The number of hydrogen-bond acceptors (Lipinski definition) is 3. The van der Waals surface area contributed by atoms with Gasteiger partial charge < -0.3 is 14.8 Å². The average molecular weight is 284 g/mol. The topological polar surface area (TPSA) is 30.5 Å². The summed E-state index contributed by atoms with van der Waals surface area (Å²) < 4.78 is 11.2. The minimum absolute atomic E-state index is 0.239. The third kappa shape index (κ3) is 3.15. The zero-order valence-corrected chi connectivity index (χ0v) is 12.6. The van der Waals surface area contributed by atoms with Gasteiger partial charge in [0, 0.05) is 17.1 Å². The van der Waals surface area contributed by atoms with Gasteiger partial charge in [-0.25, -0.2) is 0 Å². The first-order valence-corrected chi connectivity index (χ1v) is 7.31. The molecule has 1 aromatic rings. The van der Waals surface area contributed by atoms with Crippen LogP contribution in [0.1, 0.15) is 38.3 Å². The second-order valence-electron chi connectivity index (χ2n) is 5.05. The van der Waals surface area contributed by atoms with Gasteiger partial charge in [0.25, 0.3) is 0 Å². The van der Waals surface area contributed by atoms with E-state index in [2.05, 4.69) is 19.2 Å². The number of halogens is 1. The second kappa shape index (κ2) is 6.49. The highest BCUT2D eigenvalue weighted by atomic mass is 35.5. The minimum atomic E-state index is 0.239. The van der Waals surface area contributed by atoms with Crippen molar-refractivity contribution in [2.75, 3.05) is 20.3 Å². The molecule has 1 N–H and O–H groups in total. The first-order chi connectivity index (χ1) is 9.17. The Morgan fingerprint density at radius 1 is 1.26 bits per heavy atom. The van der Waals surface area contributed by atoms with Crippen molar-refractivity contribution in [3.05, 3.63) is 22.7 Å². The van der Waals surface area contributed by atoms with Gasteiger partial charge in [0.2, 0.25) is 0 Å². The van der Waals surface area contributed by atoms with E-state index in [0.717, 1.165) is 28.5 Å². The summed E-state index contributed by atoms with van der Waals surface area (Å²) in [7, 11) is 1.98. The first-order valence-electron chi connectivity index (χ1n) is 6.93. The van der Waals surface area contributed by atoms with E-state index in [0.29, 0.717) is 19.1 Å². The summed E-state index contributed by atoms with van der Waals surface area (Å²) in [6, 6.07) is 4.13. The molecule has 0 saturated carbocycles. The van der Waals surface area contributed by atoms with Crippen molar-refractivity contribution in [1.29, 1.82) is 0 Å². The van der Waals surface area contributed by atoms with E-state index < -0.39 is 0 Å². The normalized spacial score (nSPS) is 17.1. The van der Waals surface area contributed by atoms with Gasteiger partial charge in [0.05, 0.1) is 0 Å². The Kier molecular flexibility index (Phi) is 4.94. The van der Waals surface area contributed by atoms with E-state index >= 15 is 0 Å². The van der Waals surface area contributed by atoms with Gasteiger partial charge in [0.1, 0.15) is 13.2 Å². The van der Waals surface area contributed by atoms with Gasteiger partial charge >= 0.3 is 0 Å². The van der Waals surface area contributed by atoms with Crippen LogP contribution in [0, 0.1) is 5.92 Å². The summed E-state index contributed by atoms with van der Waals surface area (Å²) in [6.45, 7) is 5.64. The fourth-order valence-corrected chi connectivity index (χ4v) is 2.96. The lowest BCUT2D eigenvalue weighted by Gasteiger charge is -2.27. The molecule has 1 aliphatic heterocycles. The van der Waals surface area contributed by atoms with Gasteiger partial charge in [-0.05, 0) is 31.0 Å². The van der Waals surface area contributed by atoms with Gasteiger partial charge in [-0.2, -0.15) is 0 Å². The Labute approximate surface area is 120 Å². The quantitative estimate of drug-likeness (QED) is 0.891. The summed E-state index contributed by atoms with van der Waals surface area (Å²) in [6.07, 6.45) is 2.33. The van der Waals surface area contributed by atoms with Crippen molar-refractivity contribution >= 4 is 11.6 Å². The van der Waals surface area contributed by atoms with Gasteiger partial charge in [-0.1, -0.05) is 31.9 Å². The fourth-order valence-electron chi connectivity index (χ4n) is 2.69. The third-order valence-electron chi connectivity index (χ3n) is 3.62. The molecule has 106 valence electrons. The van der Waals surface area contributed by atoms with Crippen LogP contribution >= 0.6 is 11.6 Å². The molecule has 4 heteroatoms. The van der Waals surface area contributed by atoms with E-state index in [-0.39, 0.29) is 6.04 Å². The second-order valence-corrected chi connectivity index (χ2v) is 5.46. The maximum atomic E-state index is 6.40. The standard InChI is InChI=1S/C15H22ClNO2/c1-4-5-10(2)15(17-3)11-8-13-14(9-12(11)16)19-7-6-18-13/h8-10,15,17H,4-7H2,1-3H3. The van der Waals surface area contributed by atoms with Crippen molar-refractivity contribution in [1.82, 2.24) is 5.32 Å². The van der Waals surface area contributed by atoms with Gasteiger partial charge in [0.15, 0.2) is 11.5 Å². The molecule has 3 nitrogen and oxygen atoms in total. The van der Waals surface area contributed by atoms with E-state index in [1.165, 1.54) is 6.42 Å². The zero-order chi connectivity index (χ0) is 13.8. The lowest BCUT2D eigenvalue weighted by molar-refractivity contribution is 0.171. The smallest absolute Gasteiger partial charge is 0.162 e. The fraction of sp³-hybridized carbons (Fsp3) is 0.600. The summed E-state index contributed by atoms with van der Waals surface area (Å²) >= 11 is 6.40. The van der Waals surface area contributed by atoms with Crippen molar-refractivity contribution in [2.24, 2.45) is 5.92 Å². The summed E-state index contributed by atoms with van der Waals surface area (Å²) in [5, 5.41) is 4.11. The summed E-state index contributed by atoms with van der Waals surface area (Å²) in [5.41, 5.74) is 1.09. The van der Waals surface area contributed by atoms with Crippen molar-refractivity contribution < 1.29 is 9.47 Å². The molecule has 1 aliphatic rings. The van der Waals surface area contributed by atoms with E-state index in [1.807, 2.05) is 19.2 Å². The van der Waals surface area contributed by atoms with Crippen LogP contribution in [-0.2, 0) is 0 Å². The maximum absolute atomic E-state index is 6.40. The van der Waals surface area contributed by atoms with Crippen molar-refractivity contribution in [3.8, 4) is 11.5 Å². The number of ether oxygens (including phenoxy) is 2. The van der Waals surface area contributed by atoms with Crippen LogP contribution in [0.15, 0.2) is 12.1 Å². The molecule has 1 heterocycles. The number of benzene rings is 1. The SMILES string of the molecule is CCCC(C)C(NC)c1cc2c(cc1Cl)OCCO2. The van der Waals surface area contributed by atoms with E-state index in [4.69, 9.17) is 21.1 Å². The Bertz CT molecular complexity index is 436. The number of rotatable bonds is 5. The Hall–Kier alpha value is -0.930. The highest BCUT2D eigenvalue weighted by molar-refractivity contribution is 6.31. The maximum Gasteiger partial charge on any atom is 0.162 e. The van der Waals surface area contributed by atoms with E-state index in [9.17, 15) is 0 Å². The Morgan fingerprint density at radius 2 is 1.89 bits per heavy atom. The molecular formula is C15H22ClNO2. The predicted molar refractivity (Wildman–Crippen MR) is 78.3 cm³/mol. The van der Waals surface area contributed by atoms with Crippen molar-refractivity contribution in [2.45, 2.75) is 32.7 Å². The van der Waals surface area contributed by atoms with E-state index in [1.54, 1.807) is 0 Å². The van der Waals surface area contributed by atoms with Crippen LogP contribution in [0.5, 0.6) is 11.5 Å². The molecule has 0 bridgehead atoms. The molecule has 2 atom stereocenters. The van der Waals surface area contributed by atoms with Crippen molar-refractivity contribution in [3.63, 3.8) is 0 Å². The highest BCUT2D eigenvalue weighted by Crippen LogP contribution is 2.39. The predicted octanol–water partition coefficient (Wildman–Crippen LogP) is 3.81. The third-order valence-corrected chi connectivity index (χ3v) is 3.95.